The maximum atomic E-state index is 14.2. The van der Waals surface area contributed by atoms with Crippen molar-refractivity contribution in [3.05, 3.63) is 130 Å². The maximum Gasteiger partial charge on any atom is 0.255 e. The molecule has 1 unspecified atom stereocenters. The van der Waals surface area contributed by atoms with E-state index in [-0.39, 0.29) is 17.0 Å². The second-order valence-electron chi connectivity index (χ2n) is 9.35. The summed E-state index contributed by atoms with van der Waals surface area (Å²) in [5.74, 6) is -1.22. The number of sulfonamides is 1. The number of nitrogens with zero attached hydrogens (tertiary/aromatic N) is 1. The SMILES string of the molecule is Cc1ccc(S(=O)(=O)NC(C(=O)c2ccccc2)[C@@]2(Cl)C(=O)N(Cc3ccccc3)c3ccc(Br)cc32)cc1. The molecular weight excluding hydrogens is 600 g/mol. The summed E-state index contributed by atoms with van der Waals surface area (Å²) in [7, 11) is -4.26. The van der Waals surface area contributed by atoms with Crippen molar-refractivity contribution in [2.45, 2.75) is 29.3 Å². The fraction of sp³-hybridized carbons (Fsp3) is 0.133. The van der Waals surface area contributed by atoms with Crippen LogP contribution in [0.15, 0.2) is 112 Å². The Hall–Kier alpha value is -3.30. The van der Waals surface area contributed by atoms with Gasteiger partial charge in [-0.1, -0.05) is 94.3 Å². The third kappa shape index (κ3) is 5.17. The van der Waals surface area contributed by atoms with Gasteiger partial charge >= 0.3 is 0 Å². The number of ketones is 1. The van der Waals surface area contributed by atoms with Gasteiger partial charge in [-0.3, -0.25) is 9.59 Å². The van der Waals surface area contributed by atoms with Crippen LogP contribution in [0.4, 0.5) is 5.69 Å². The highest BCUT2D eigenvalue weighted by Crippen LogP contribution is 2.49. The Bertz CT molecular complexity index is 1650. The zero-order chi connectivity index (χ0) is 27.8. The smallest absolute Gasteiger partial charge is 0.255 e. The van der Waals surface area contributed by atoms with Crippen LogP contribution in [-0.2, 0) is 26.2 Å². The van der Waals surface area contributed by atoms with Crippen molar-refractivity contribution in [3.8, 4) is 0 Å². The number of Topliss-reactive ketones (excluding diaryl/α,β-unsaturated/α-hetero) is 1. The molecule has 1 N–H and O–H groups in total. The molecule has 6 nitrogen and oxygen atoms in total. The van der Waals surface area contributed by atoms with Crippen molar-refractivity contribution in [2.75, 3.05) is 4.90 Å². The lowest BCUT2D eigenvalue weighted by Crippen LogP contribution is -2.56. The molecular formula is C30H24BrClN2O4S. The summed E-state index contributed by atoms with van der Waals surface area (Å²) >= 11 is 10.7. The number of hydrogen-bond acceptors (Lipinski definition) is 4. The van der Waals surface area contributed by atoms with E-state index in [0.29, 0.717) is 15.7 Å². The highest BCUT2D eigenvalue weighted by Gasteiger charge is 2.58. The third-order valence-electron chi connectivity index (χ3n) is 6.70. The predicted molar refractivity (Wildman–Crippen MR) is 155 cm³/mol. The Balaban J connectivity index is 1.66. The van der Waals surface area contributed by atoms with Gasteiger partial charge < -0.3 is 4.90 Å². The number of carbonyl (C=O) groups is 2. The average molecular weight is 624 g/mol. The monoisotopic (exact) mass is 622 g/mol. The standard InChI is InChI=1S/C30H24BrClN2O4S/c1-20-12-15-24(16-13-20)39(37,38)33-28(27(35)22-10-6-3-7-11-22)30(32)25-18-23(31)14-17-26(25)34(29(30)36)19-21-8-4-2-5-9-21/h2-18,28,33H,19H2,1H3/t28?,30-/m1/s1. The van der Waals surface area contributed by atoms with Gasteiger partial charge in [-0.05, 0) is 42.8 Å². The van der Waals surface area contributed by atoms with Crippen molar-refractivity contribution >= 4 is 54.9 Å². The summed E-state index contributed by atoms with van der Waals surface area (Å²) in [6.07, 6.45) is 0. The van der Waals surface area contributed by atoms with E-state index in [1.807, 2.05) is 37.3 Å². The topological polar surface area (TPSA) is 83.5 Å². The molecule has 0 aromatic heterocycles. The van der Waals surface area contributed by atoms with Gasteiger partial charge in [0.2, 0.25) is 10.0 Å². The Morgan fingerprint density at radius 2 is 1.56 bits per heavy atom. The summed E-state index contributed by atoms with van der Waals surface area (Å²) in [4.78, 5) is 27.6. The van der Waals surface area contributed by atoms with Crippen molar-refractivity contribution in [3.63, 3.8) is 0 Å². The second-order valence-corrected chi connectivity index (χ2v) is 12.6. The van der Waals surface area contributed by atoms with E-state index in [2.05, 4.69) is 20.7 Å². The van der Waals surface area contributed by atoms with Gasteiger partial charge in [0.1, 0.15) is 6.04 Å². The number of nitrogens with one attached hydrogen (secondary N) is 1. The zero-order valence-corrected chi connectivity index (χ0v) is 24.0. The van der Waals surface area contributed by atoms with Crippen LogP contribution in [-0.4, -0.2) is 26.2 Å². The van der Waals surface area contributed by atoms with Crippen molar-refractivity contribution in [1.82, 2.24) is 4.72 Å². The van der Waals surface area contributed by atoms with E-state index in [0.717, 1.165) is 11.1 Å². The molecule has 0 saturated carbocycles. The fourth-order valence-electron chi connectivity index (χ4n) is 4.68. The number of fused-ring (bicyclic) bond motifs is 1. The Morgan fingerprint density at radius 1 is 0.949 bits per heavy atom. The minimum atomic E-state index is -4.26. The summed E-state index contributed by atoms with van der Waals surface area (Å²) in [6, 6.07) is 27.3. The van der Waals surface area contributed by atoms with Crippen molar-refractivity contribution < 1.29 is 18.0 Å². The third-order valence-corrected chi connectivity index (χ3v) is 9.22. The van der Waals surface area contributed by atoms with Crippen LogP contribution < -0.4 is 9.62 Å². The molecule has 2 atom stereocenters. The molecule has 39 heavy (non-hydrogen) atoms. The number of aryl methyl sites for hydroxylation is 1. The molecule has 0 saturated heterocycles. The van der Waals surface area contributed by atoms with Gasteiger partial charge in [0.15, 0.2) is 10.7 Å². The molecule has 1 amide bonds. The van der Waals surface area contributed by atoms with Gasteiger partial charge in [0.05, 0.1) is 11.4 Å². The highest BCUT2D eigenvalue weighted by molar-refractivity contribution is 9.10. The van der Waals surface area contributed by atoms with E-state index in [1.165, 1.54) is 17.0 Å². The number of rotatable bonds is 8. The Kier molecular flexibility index (Phi) is 7.48. The number of anilines is 1. The Labute approximate surface area is 240 Å². The van der Waals surface area contributed by atoms with Crippen LogP contribution in [0.3, 0.4) is 0 Å². The van der Waals surface area contributed by atoms with E-state index in [9.17, 15) is 18.0 Å². The van der Waals surface area contributed by atoms with Gasteiger partial charge in [-0.2, -0.15) is 4.72 Å². The molecule has 0 radical (unpaired) electrons. The molecule has 9 heteroatoms. The van der Waals surface area contributed by atoms with Crippen LogP contribution in [0.25, 0.3) is 0 Å². The summed E-state index contributed by atoms with van der Waals surface area (Å²) in [5, 5.41) is 0. The maximum absolute atomic E-state index is 14.2. The molecule has 0 aliphatic carbocycles. The predicted octanol–water partition coefficient (Wildman–Crippen LogP) is 5.97. The lowest BCUT2D eigenvalue weighted by molar-refractivity contribution is -0.121. The van der Waals surface area contributed by atoms with Gasteiger partial charge in [0, 0.05) is 21.3 Å². The number of benzene rings is 4. The molecule has 4 aromatic rings. The molecule has 0 spiro atoms. The molecule has 5 rings (SSSR count). The number of hydrogen-bond donors (Lipinski definition) is 1. The summed E-state index contributed by atoms with van der Waals surface area (Å²) in [6.45, 7) is 2.03. The largest absolute Gasteiger partial charge is 0.306 e. The molecule has 1 aliphatic rings. The minimum Gasteiger partial charge on any atom is -0.306 e. The first-order valence-corrected chi connectivity index (χ1v) is 14.8. The van der Waals surface area contributed by atoms with E-state index in [1.54, 1.807) is 60.7 Å². The first-order chi connectivity index (χ1) is 18.6. The summed E-state index contributed by atoms with van der Waals surface area (Å²) in [5.41, 5.74) is 2.79. The van der Waals surface area contributed by atoms with Crippen LogP contribution in [0.5, 0.6) is 0 Å². The van der Waals surface area contributed by atoms with Crippen molar-refractivity contribution in [2.24, 2.45) is 0 Å². The highest BCUT2D eigenvalue weighted by atomic mass is 79.9. The molecule has 1 heterocycles. The zero-order valence-electron chi connectivity index (χ0n) is 20.8. The number of amides is 1. The molecule has 1 aliphatic heterocycles. The van der Waals surface area contributed by atoms with E-state index in [4.69, 9.17) is 11.6 Å². The first kappa shape index (κ1) is 27.3. The molecule has 4 aromatic carbocycles. The number of halogens is 2. The number of carbonyl (C=O) groups excluding carboxylic acids is 2. The second kappa shape index (κ2) is 10.7. The average Bonchev–Trinajstić information content (AvgIpc) is 3.14. The molecule has 198 valence electrons. The van der Waals surface area contributed by atoms with Crippen LogP contribution in [0.1, 0.15) is 27.0 Å². The van der Waals surface area contributed by atoms with E-state index >= 15 is 0 Å². The summed E-state index contributed by atoms with van der Waals surface area (Å²) < 4.78 is 30.3. The molecule has 0 fully saturated rings. The van der Waals surface area contributed by atoms with Gasteiger partial charge in [-0.25, -0.2) is 8.42 Å². The lowest BCUT2D eigenvalue weighted by Gasteiger charge is -2.31. The molecule has 0 bridgehead atoms. The lowest BCUT2D eigenvalue weighted by atomic mass is 9.87. The van der Waals surface area contributed by atoms with Crippen molar-refractivity contribution in [1.29, 1.82) is 0 Å². The normalized spacial score (nSPS) is 17.6. The van der Waals surface area contributed by atoms with Gasteiger partial charge in [0.25, 0.3) is 5.91 Å². The minimum absolute atomic E-state index is 0.0414. The fourth-order valence-corrected chi connectivity index (χ4v) is 6.74. The Morgan fingerprint density at radius 3 is 2.21 bits per heavy atom. The first-order valence-electron chi connectivity index (χ1n) is 12.1. The van der Waals surface area contributed by atoms with E-state index < -0.39 is 32.6 Å². The van der Waals surface area contributed by atoms with Crippen LogP contribution >= 0.6 is 27.5 Å². The van der Waals surface area contributed by atoms with Gasteiger partial charge in [-0.15, -0.1) is 11.6 Å². The number of alkyl halides is 1. The quantitative estimate of drug-likeness (QED) is 0.194. The van der Waals surface area contributed by atoms with Crippen LogP contribution in [0.2, 0.25) is 0 Å². The van der Waals surface area contributed by atoms with Crippen LogP contribution in [0, 0.1) is 6.92 Å².